The number of aromatic amines is 1. The number of halogens is 1. The quantitative estimate of drug-likeness (QED) is 0.909. The molecule has 19 heavy (non-hydrogen) atoms. The van der Waals surface area contributed by atoms with E-state index in [1.807, 2.05) is 12.1 Å². The summed E-state index contributed by atoms with van der Waals surface area (Å²) in [6, 6.07) is 5.47. The van der Waals surface area contributed by atoms with Crippen LogP contribution < -0.4 is 10.2 Å². The van der Waals surface area contributed by atoms with Crippen molar-refractivity contribution in [1.82, 2.24) is 4.98 Å². The van der Waals surface area contributed by atoms with E-state index >= 15 is 0 Å². The van der Waals surface area contributed by atoms with Crippen LogP contribution in [0.4, 0.5) is 0 Å². The molecule has 3 rings (SSSR count). The third-order valence-electron chi connectivity index (χ3n) is 3.93. The van der Waals surface area contributed by atoms with Gasteiger partial charge in [-0.3, -0.25) is 4.79 Å². The highest BCUT2D eigenvalue weighted by Gasteiger charge is 2.20. The maximum Gasteiger partial charge on any atom is 0.193 e. The topological polar surface area (TPSA) is 42.1 Å². The van der Waals surface area contributed by atoms with Crippen molar-refractivity contribution in [3.05, 3.63) is 38.6 Å². The van der Waals surface area contributed by atoms with E-state index < -0.39 is 0 Å². The van der Waals surface area contributed by atoms with Crippen molar-refractivity contribution in [2.24, 2.45) is 0 Å². The molecular formula is C15H16BrNO2. The van der Waals surface area contributed by atoms with Gasteiger partial charge in [0.1, 0.15) is 5.75 Å². The fourth-order valence-electron chi connectivity index (χ4n) is 2.95. The van der Waals surface area contributed by atoms with E-state index in [0.29, 0.717) is 17.1 Å². The van der Waals surface area contributed by atoms with Crippen molar-refractivity contribution >= 4 is 26.8 Å². The zero-order chi connectivity index (χ0) is 13.4. The van der Waals surface area contributed by atoms with Gasteiger partial charge in [0.05, 0.1) is 18.0 Å². The Morgan fingerprint density at radius 2 is 2.05 bits per heavy atom. The monoisotopic (exact) mass is 321 g/mol. The Balaban J connectivity index is 2.25. The molecule has 1 heterocycles. The number of aromatic nitrogens is 1. The number of methoxy groups -OCH3 is 1. The number of pyridine rings is 1. The first-order chi connectivity index (χ1) is 9.20. The van der Waals surface area contributed by atoms with Crippen molar-refractivity contribution in [1.29, 1.82) is 0 Å². The van der Waals surface area contributed by atoms with Gasteiger partial charge in [-0.2, -0.15) is 0 Å². The first-order valence-electron chi connectivity index (χ1n) is 6.60. The van der Waals surface area contributed by atoms with Gasteiger partial charge < -0.3 is 9.72 Å². The smallest absolute Gasteiger partial charge is 0.193 e. The summed E-state index contributed by atoms with van der Waals surface area (Å²) in [5.41, 5.74) is 1.94. The Hall–Kier alpha value is -1.29. The van der Waals surface area contributed by atoms with Crippen LogP contribution in [0.1, 0.15) is 37.3 Å². The molecule has 0 radical (unpaired) electrons. The lowest BCUT2D eigenvalue weighted by molar-refractivity contribution is 0.419. The molecule has 1 aliphatic rings. The van der Waals surface area contributed by atoms with Crippen LogP contribution in [-0.2, 0) is 0 Å². The molecule has 0 amide bonds. The zero-order valence-electron chi connectivity index (χ0n) is 10.8. The van der Waals surface area contributed by atoms with E-state index in [2.05, 4.69) is 20.9 Å². The number of ether oxygens (including phenoxy) is 1. The Morgan fingerprint density at radius 3 is 2.74 bits per heavy atom. The zero-order valence-corrected chi connectivity index (χ0v) is 12.4. The van der Waals surface area contributed by atoms with Crippen LogP contribution in [0.25, 0.3) is 10.9 Å². The largest absolute Gasteiger partial charge is 0.496 e. The molecule has 1 N–H and O–H groups in total. The lowest BCUT2D eigenvalue weighted by atomic mass is 10.0. The molecule has 100 valence electrons. The molecule has 0 atom stereocenters. The molecule has 0 saturated heterocycles. The third-order valence-corrected chi connectivity index (χ3v) is 4.59. The highest BCUT2D eigenvalue weighted by Crippen LogP contribution is 2.35. The molecule has 1 fully saturated rings. The molecule has 0 bridgehead atoms. The Kier molecular flexibility index (Phi) is 3.35. The first kappa shape index (κ1) is 12.7. The summed E-state index contributed by atoms with van der Waals surface area (Å²) in [7, 11) is 1.59. The third kappa shape index (κ3) is 2.18. The number of H-pyrrole nitrogens is 1. The van der Waals surface area contributed by atoms with Crippen LogP contribution in [0.3, 0.4) is 0 Å². The molecule has 0 spiro atoms. The molecule has 3 nitrogen and oxygen atoms in total. The van der Waals surface area contributed by atoms with Crippen molar-refractivity contribution in [3.63, 3.8) is 0 Å². The van der Waals surface area contributed by atoms with Crippen molar-refractivity contribution in [3.8, 4) is 5.75 Å². The highest BCUT2D eigenvalue weighted by atomic mass is 79.9. The number of rotatable bonds is 2. The average molecular weight is 322 g/mol. The summed E-state index contributed by atoms with van der Waals surface area (Å²) < 4.78 is 6.19. The predicted octanol–water partition coefficient (Wildman–Crippen LogP) is 3.96. The van der Waals surface area contributed by atoms with Gasteiger partial charge in [0.25, 0.3) is 0 Å². The van der Waals surface area contributed by atoms with Gasteiger partial charge in [0, 0.05) is 16.2 Å². The Labute approximate surface area is 120 Å². The summed E-state index contributed by atoms with van der Waals surface area (Å²) in [5.74, 6) is 1.12. The molecule has 0 unspecified atom stereocenters. The number of hydrogen-bond donors (Lipinski definition) is 1. The minimum Gasteiger partial charge on any atom is -0.496 e. The molecule has 1 aliphatic carbocycles. The first-order valence-corrected chi connectivity index (χ1v) is 7.39. The van der Waals surface area contributed by atoms with E-state index in [0.717, 1.165) is 15.7 Å². The molecule has 4 heteroatoms. The molecule has 1 aromatic heterocycles. The minimum atomic E-state index is 0.0359. The molecule has 0 aliphatic heterocycles. The van der Waals surface area contributed by atoms with E-state index in [1.165, 1.54) is 25.7 Å². The second-order valence-corrected chi connectivity index (χ2v) is 5.92. The summed E-state index contributed by atoms with van der Waals surface area (Å²) in [6.07, 6.45) is 4.85. The van der Waals surface area contributed by atoms with Crippen molar-refractivity contribution in [2.45, 2.75) is 31.6 Å². The van der Waals surface area contributed by atoms with Gasteiger partial charge in [-0.05, 0) is 46.8 Å². The van der Waals surface area contributed by atoms with E-state index in [1.54, 1.807) is 13.2 Å². The summed E-state index contributed by atoms with van der Waals surface area (Å²) >= 11 is 3.51. The standard InChI is InChI=1S/C15H16BrNO2/c1-19-13-7-6-10(16)15-14(13)12(18)8-11(17-15)9-4-2-3-5-9/h6-9H,2-5H2,1H3,(H,17,18). The average Bonchev–Trinajstić information content (AvgIpc) is 2.93. The van der Waals surface area contributed by atoms with Crippen LogP contribution >= 0.6 is 15.9 Å². The van der Waals surface area contributed by atoms with Crippen LogP contribution in [0.15, 0.2) is 27.5 Å². The van der Waals surface area contributed by atoms with Crippen molar-refractivity contribution < 1.29 is 4.74 Å². The fraction of sp³-hybridized carbons (Fsp3) is 0.400. The number of hydrogen-bond acceptors (Lipinski definition) is 2. The van der Waals surface area contributed by atoms with Crippen LogP contribution in [0.2, 0.25) is 0 Å². The number of nitrogens with one attached hydrogen (secondary N) is 1. The Morgan fingerprint density at radius 1 is 1.32 bits per heavy atom. The van der Waals surface area contributed by atoms with E-state index in [4.69, 9.17) is 4.74 Å². The summed E-state index contributed by atoms with van der Waals surface area (Å²) in [4.78, 5) is 15.8. The van der Waals surface area contributed by atoms with E-state index in [9.17, 15) is 4.79 Å². The van der Waals surface area contributed by atoms with Gasteiger partial charge in [-0.15, -0.1) is 0 Å². The Bertz CT molecular complexity index is 672. The minimum absolute atomic E-state index is 0.0359. The second kappa shape index (κ2) is 5.00. The van der Waals surface area contributed by atoms with Gasteiger partial charge in [0.15, 0.2) is 5.43 Å². The summed E-state index contributed by atoms with van der Waals surface area (Å²) in [5, 5.41) is 0.624. The van der Waals surface area contributed by atoms with Crippen LogP contribution in [0, 0.1) is 0 Å². The van der Waals surface area contributed by atoms with Gasteiger partial charge in [0.2, 0.25) is 0 Å². The van der Waals surface area contributed by atoms with Gasteiger partial charge >= 0.3 is 0 Å². The molecule has 1 aromatic carbocycles. The number of benzene rings is 1. The maximum atomic E-state index is 12.4. The summed E-state index contributed by atoms with van der Waals surface area (Å²) in [6.45, 7) is 0. The highest BCUT2D eigenvalue weighted by molar-refractivity contribution is 9.10. The normalized spacial score (nSPS) is 16.1. The van der Waals surface area contributed by atoms with Gasteiger partial charge in [-0.1, -0.05) is 12.8 Å². The SMILES string of the molecule is COc1ccc(Br)c2[nH]c(C3CCCC3)cc(=O)c12. The molecular weight excluding hydrogens is 306 g/mol. The second-order valence-electron chi connectivity index (χ2n) is 5.07. The molecule has 1 saturated carbocycles. The fourth-order valence-corrected chi connectivity index (χ4v) is 3.38. The van der Waals surface area contributed by atoms with Crippen LogP contribution in [0.5, 0.6) is 5.75 Å². The number of fused-ring (bicyclic) bond motifs is 1. The lowest BCUT2D eigenvalue weighted by Crippen LogP contribution is -2.09. The van der Waals surface area contributed by atoms with Crippen LogP contribution in [-0.4, -0.2) is 12.1 Å². The van der Waals surface area contributed by atoms with Crippen molar-refractivity contribution in [2.75, 3.05) is 7.11 Å². The predicted molar refractivity (Wildman–Crippen MR) is 80.0 cm³/mol. The lowest BCUT2D eigenvalue weighted by Gasteiger charge is -2.13. The van der Waals surface area contributed by atoms with Gasteiger partial charge in [-0.25, -0.2) is 0 Å². The van der Waals surface area contributed by atoms with E-state index in [-0.39, 0.29) is 5.43 Å². The maximum absolute atomic E-state index is 12.4. The molecule has 2 aromatic rings.